The van der Waals surface area contributed by atoms with Gasteiger partial charge in [-0.25, -0.2) is 19.6 Å². The van der Waals surface area contributed by atoms with Crippen molar-refractivity contribution in [2.45, 2.75) is 13.5 Å². The predicted octanol–water partition coefficient (Wildman–Crippen LogP) is 3.03. The number of anilines is 2. The van der Waals surface area contributed by atoms with E-state index in [1.165, 1.54) is 5.69 Å². The Hall–Kier alpha value is -4.47. The largest absolute Gasteiger partial charge is 0.449 e. The molecule has 1 amide bonds. The number of hydrogen-bond acceptors (Lipinski definition) is 8. The molecule has 10 heteroatoms. The molecule has 0 saturated carbocycles. The van der Waals surface area contributed by atoms with Crippen LogP contribution in [0.4, 0.5) is 11.5 Å². The molecule has 1 aromatic carbocycles. The first-order chi connectivity index (χ1) is 17.7. The average Bonchev–Trinajstić information content (AvgIpc) is 3.53. The van der Waals surface area contributed by atoms with E-state index in [-0.39, 0.29) is 11.7 Å². The van der Waals surface area contributed by atoms with Gasteiger partial charge in [-0.15, -0.1) is 0 Å². The Labute approximate surface area is 207 Å². The summed E-state index contributed by atoms with van der Waals surface area (Å²) in [7, 11) is 0. The zero-order chi connectivity index (χ0) is 24.5. The van der Waals surface area contributed by atoms with Crippen molar-refractivity contribution in [1.29, 1.82) is 0 Å². The van der Waals surface area contributed by atoms with Crippen molar-refractivity contribution in [2.24, 2.45) is 0 Å². The molecule has 0 spiro atoms. The Bertz CT molecular complexity index is 1520. The Balaban J connectivity index is 1.10. The fraction of sp³-hybridized carbons (Fsp3) is 0.269. The molecule has 10 nitrogen and oxygen atoms in total. The van der Waals surface area contributed by atoms with Gasteiger partial charge in [0, 0.05) is 50.2 Å². The van der Waals surface area contributed by atoms with Crippen LogP contribution >= 0.6 is 0 Å². The van der Waals surface area contributed by atoms with Gasteiger partial charge in [0.1, 0.15) is 17.7 Å². The highest BCUT2D eigenvalue weighted by Crippen LogP contribution is 2.25. The Morgan fingerprint density at radius 1 is 1.03 bits per heavy atom. The van der Waals surface area contributed by atoms with Crippen LogP contribution in [0.3, 0.4) is 0 Å². The zero-order valence-corrected chi connectivity index (χ0v) is 20.0. The van der Waals surface area contributed by atoms with Crippen molar-refractivity contribution < 1.29 is 9.21 Å². The standard InChI is InChI=1S/C26H26N8O2/c1-18-7-8-22-21(31-18)15-23(36-22)26(35)27-9-10-34-25-20(16-30-34)24(28-17-29-25)33-13-11-32(12-14-33)19-5-3-2-4-6-19/h2-8,15-17H,9-14H2,1H3,(H,27,35). The monoisotopic (exact) mass is 482 g/mol. The average molecular weight is 483 g/mol. The highest BCUT2D eigenvalue weighted by atomic mass is 16.3. The molecule has 5 aromatic rings. The van der Waals surface area contributed by atoms with Crippen LogP contribution in [0.5, 0.6) is 0 Å². The zero-order valence-electron chi connectivity index (χ0n) is 20.0. The minimum absolute atomic E-state index is 0.243. The summed E-state index contributed by atoms with van der Waals surface area (Å²) in [4.78, 5) is 30.7. The lowest BCUT2D eigenvalue weighted by Crippen LogP contribution is -2.46. The molecule has 1 aliphatic heterocycles. The van der Waals surface area contributed by atoms with Gasteiger partial charge < -0.3 is 19.5 Å². The number of rotatable bonds is 6. The SMILES string of the molecule is Cc1ccc2oc(C(=O)NCCn3ncc4c(N5CCN(c6ccccc6)CC5)ncnc43)cc2n1. The van der Waals surface area contributed by atoms with Crippen molar-refractivity contribution in [2.75, 3.05) is 42.5 Å². The first kappa shape index (κ1) is 22.0. The summed E-state index contributed by atoms with van der Waals surface area (Å²) in [5.74, 6) is 0.856. The molecular formula is C26H26N8O2. The van der Waals surface area contributed by atoms with Gasteiger partial charge in [-0.3, -0.25) is 4.79 Å². The number of hydrogen-bond donors (Lipinski definition) is 1. The molecule has 1 fully saturated rings. The number of pyridine rings is 1. The van der Waals surface area contributed by atoms with Crippen LogP contribution in [0.25, 0.3) is 22.1 Å². The first-order valence-corrected chi connectivity index (χ1v) is 12.0. The van der Waals surface area contributed by atoms with E-state index >= 15 is 0 Å². The van der Waals surface area contributed by atoms with Gasteiger partial charge in [0.05, 0.1) is 18.1 Å². The van der Waals surface area contributed by atoms with Crippen molar-refractivity contribution in [3.05, 3.63) is 72.5 Å². The Morgan fingerprint density at radius 3 is 2.67 bits per heavy atom. The highest BCUT2D eigenvalue weighted by molar-refractivity contribution is 5.95. The number of nitrogens with zero attached hydrogens (tertiary/aromatic N) is 7. The van der Waals surface area contributed by atoms with E-state index in [9.17, 15) is 4.79 Å². The minimum Gasteiger partial charge on any atom is -0.449 e. The fourth-order valence-electron chi connectivity index (χ4n) is 4.61. The van der Waals surface area contributed by atoms with Gasteiger partial charge in [0.15, 0.2) is 17.0 Å². The number of aryl methyl sites for hydroxylation is 1. The lowest BCUT2D eigenvalue weighted by Gasteiger charge is -2.36. The number of piperazine rings is 1. The second kappa shape index (κ2) is 9.29. The fourth-order valence-corrected chi connectivity index (χ4v) is 4.61. The number of amides is 1. The number of benzene rings is 1. The van der Waals surface area contributed by atoms with E-state index in [1.807, 2.05) is 31.3 Å². The van der Waals surface area contributed by atoms with Crippen molar-refractivity contribution in [3.63, 3.8) is 0 Å². The molecular weight excluding hydrogens is 456 g/mol. The van der Waals surface area contributed by atoms with Crippen LogP contribution in [0.15, 0.2) is 65.5 Å². The first-order valence-electron chi connectivity index (χ1n) is 12.0. The second-order valence-corrected chi connectivity index (χ2v) is 8.81. The van der Waals surface area contributed by atoms with Crippen molar-refractivity contribution in [3.8, 4) is 0 Å². The maximum absolute atomic E-state index is 12.6. The van der Waals surface area contributed by atoms with E-state index in [4.69, 9.17) is 4.42 Å². The van der Waals surface area contributed by atoms with Gasteiger partial charge >= 0.3 is 0 Å². The lowest BCUT2D eigenvalue weighted by molar-refractivity contribution is 0.0926. The number of nitrogens with one attached hydrogen (secondary N) is 1. The summed E-state index contributed by atoms with van der Waals surface area (Å²) in [5.41, 5.74) is 4.14. The Morgan fingerprint density at radius 2 is 1.83 bits per heavy atom. The molecule has 182 valence electrons. The topological polar surface area (TPSA) is 105 Å². The molecule has 1 aliphatic rings. The lowest BCUT2D eigenvalue weighted by atomic mass is 10.2. The third-order valence-electron chi connectivity index (χ3n) is 6.46. The molecule has 0 atom stereocenters. The Kier molecular flexibility index (Phi) is 5.68. The quantitative estimate of drug-likeness (QED) is 0.394. The smallest absolute Gasteiger partial charge is 0.287 e. The molecule has 1 N–H and O–H groups in total. The summed E-state index contributed by atoms with van der Waals surface area (Å²) in [6.45, 7) is 6.35. The van der Waals surface area contributed by atoms with Crippen LogP contribution < -0.4 is 15.1 Å². The summed E-state index contributed by atoms with van der Waals surface area (Å²) < 4.78 is 7.43. The second-order valence-electron chi connectivity index (χ2n) is 8.81. The van der Waals surface area contributed by atoms with Crippen LogP contribution in [0.2, 0.25) is 0 Å². The van der Waals surface area contributed by atoms with Crippen LogP contribution in [0, 0.1) is 6.92 Å². The molecule has 6 rings (SSSR count). The molecule has 0 unspecified atom stereocenters. The van der Waals surface area contributed by atoms with Crippen molar-refractivity contribution >= 4 is 39.5 Å². The molecule has 0 radical (unpaired) electrons. The summed E-state index contributed by atoms with van der Waals surface area (Å²) in [5, 5.41) is 8.33. The number of carbonyl (C=O) groups is 1. The van der Waals surface area contributed by atoms with E-state index in [2.05, 4.69) is 59.4 Å². The van der Waals surface area contributed by atoms with E-state index in [0.29, 0.717) is 24.2 Å². The predicted molar refractivity (Wildman–Crippen MR) is 137 cm³/mol. The normalized spacial score (nSPS) is 14.0. The molecule has 5 heterocycles. The molecule has 1 saturated heterocycles. The van der Waals surface area contributed by atoms with Crippen LogP contribution in [0.1, 0.15) is 16.2 Å². The number of fused-ring (bicyclic) bond motifs is 2. The number of furan rings is 1. The number of aromatic nitrogens is 5. The highest BCUT2D eigenvalue weighted by Gasteiger charge is 2.21. The maximum atomic E-state index is 12.6. The van der Waals surface area contributed by atoms with Crippen LogP contribution in [-0.2, 0) is 6.54 Å². The van der Waals surface area contributed by atoms with Crippen molar-refractivity contribution in [1.82, 2.24) is 30.0 Å². The van der Waals surface area contributed by atoms with E-state index in [0.717, 1.165) is 48.7 Å². The van der Waals surface area contributed by atoms with Gasteiger partial charge in [-0.2, -0.15) is 5.10 Å². The third-order valence-corrected chi connectivity index (χ3v) is 6.46. The number of carbonyl (C=O) groups excluding carboxylic acids is 1. The third kappa shape index (κ3) is 4.21. The summed E-state index contributed by atoms with van der Waals surface area (Å²) >= 11 is 0. The van der Waals surface area contributed by atoms with Gasteiger partial charge in [0.25, 0.3) is 5.91 Å². The summed E-state index contributed by atoms with van der Waals surface area (Å²) in [6, 6.07) is 15.8. The minimum atomic E-state index is -0.284. The van der Waals surface area contributed by atoms with Crippen LogP contribution in [-0.4, -0.2) is 63.4 Å². The molecule has 36 heavy (non-hydrogen) atoms. The van der Waals surface area contributed by atoms with E-state index < -0.39 is 0 Å². The van der Waals surface area contributed by atoms with Gasteiger partial charge in [-0.1, -0.05) is 18.2 Å². The van der Waals surface area contributed by atoms with Gasteiger partial charge in [0.2, 0.25) is 0 Å². The van der Waals surface area contributed by atoms with Gasteiger partial charge in [-0.05, 0) is 31.2 Å². The molecule has 0 bridgehead atoms. The molecule has 4 aromatic heterocycles. The molecule has 0 aliphatic carbocycles. The summed E-state index contributed by atoms with van der Waals surface area (Å²) in [6.07, 6.45) is 3.39. The number of para-hydroxylation sites is 1. The van der Waals surface area contributed by atoms with E-state index in [1.54, 1.807) is 17.1 Å². The maximum Gasteiger partial charge on any atom is 0.287 e.